The molecule has 0 radical (unpaired) electrons. The van der Waals surface area contributed by atoms with Crippen LogP contribution in [-0.4, -0.2) is 23.7 Å². The number of thiazole rings is 1. The summed E-state index contributed by atoms with van der Waals surface area (Å²) in [5.41, 5.74) is -1.21. The molecule has 0 bridgehead atoms. The SMILES string of the molecule is CC(C)c1nc(CC(=O)Nc2cc(C(F)(F)F)ccc2OCC(F)(F)F)cs1. The van der Waals surface area contributed by atoms with Gasteiger partial charge in [0.05, 0.1) is 28.4 Å². The number of aromatic nitrogens is 1. The average Bonchev–Trinajstić information content (AvgIpc) is 3.00. The molecule has 28 heavy (non-hydrogen) atoms. The molecule has 1 amide bonds. The van der Waals surface area contributed by atoms with Crippen LogP contribution in [0.25, 0.3) is 0 Å². The first kappa shape index (κ1) is 22.0. The Morgan fingerprint density at radius 3 is 2.43 bits per heavy atom. The topological polar surface area (TPSA) is 51.2 Å². The molecule has 154 valence electrons. The van der Waals surface area contributed by atoms with Crippen LogP contribution in [0.2, 0.25) is 0 Å². The monoisotopic (exact) mass is 426 g/mol. The fourth-order valence-corrected chi connectivity index (χ4v) is 2.95. The lowest BCUT2D eigenvalue weighted by Gasteiger charge is -2.16. The third-order valence-electron chi connectivity index (χ3n) is 3.38. The van der Waals surface area contributed by atoms with Gasteiger partial charge < -0.3 is 10.1 Å². The van der Waals surface area contributed by atoms with E-state index < -0.39 is 41.9 Å². The Hall–Kier alpha value is -2.30. The molecule has 0 saturated carbocycles. The molecule has 4 nitrogen and oxygen atoms in total. The van der Waals surface area contributed by atoms with E-state index in [1.54, 1.807) is 5.38 Å². The van der Waals surface area contributed by atoms with Gasteiger partial charge in [-0.3, -0.25) is 4.79 Å². The first-order valence-corrected chi connectivity index (χ1v) is 8.88. The van der Waals surface area contributed by atoms with Crippen LogP contribution in [-0.2, 0) is 17.4 Å². The number of nitrogens with zero attached hydrogens (tertiary/aromatic N) is 1. The predicted molar refractivity (Wildman–Crippen MR) is 91.5 cm³/mol. The number of halogens is 6. The lowest BCUT2D eigenvalue weighted by atomic mass is 10.1. The van der Waals surface area contributed by atoms with Crippen molar-refractivity contribution in [1.82, 2.24) is 4.98 Å². The molecule has 1 aromatic carbocycles. The summed E-state index contributed by atoms with van der Waals surface area (Å²) in [4.78, 5) is 16.4. The van der Waals surface area contributed by atoms with Gasteiger partial charge in [0.15, 0.2) is 6.61 Å². The zero-order valence-electron chi connectivity index (χ0n) is 14.7. The highest BCUT2D eigenvalue weighted by molar-refractivity contribution is 7.09. The number of amides is 1. The van der Waals surface area contributed by atoms with Crippen molar-refractivity contribution in [1.29, 1.82) is 0 Å². The minimum Gasteiger partial charge on any atom is -0.482 e. The van der Waals surface area contributed by atoms with Gasteiger partial charge in [0, 0.05) is 11.3 Å². The van der Waals surface area contributed by atoms with Gasteiger partial charge >= 0.3 is 12.4 Å². The van der Waals surface area contributed by atoms with Gasteiger partial charge in [-0.15, -0.1) is 11.3 Å². The zero-order chi connectivity index (χ0) is 21.1. The van der Waals surface area contributed by atoms with Crippen molar-refractivity contribution in [2.45, 2.75) is 38.5 Å². The molecule has 0 atom stereocenters. The summed E-state index contributed by atoms with van der Waals surface area (Å²) in [7, 11) is 0. The third kappa shape index (κ3) is 6.39. The number of nitrogens with one attached hydrogen (secondary N) is 1. The maximum atomic E-state index is 12.9. The molecule has 0 unspecified atom stereocenters. The number of hydrogen-bond donors (Lipinski definition) is 1. The maximum Gasteiger partial charge on any atom is 0.422 e. The van der Waals surface area contributed by atoms with Crippen LogP contribution in [0.1, 0.15) is 36.0 Å². The predicted octanol–water partition coefficient (Wildman–Crippen LogP) is 5.41. The first-order chi connectivity index (χ1) is 12.8. The van der Waals surface area contributed by atoms with E-state index in [0.29, 0.717) is 17.8 Å². The van der Waals surface area contributed by atoms with Crippen LogP contribution in [0.3, 0.4) is 0 Å². The van der Waals surface area contributed by atoms with Gasteiger partial charge in [-0.2, -0.15) is 26.3 Å². The Balaban J connectivity index is 2.20. The number of carbonyl (C=O) groups excluding carboxylic acids is 1. The van der Waals surface area contributed by atoms with E-state index >= 15 is 0 Å². The smallest absolute Gasteiger partial charge is 0.422 e. The van der Waals surface area contributed by atoms with E-state index in [2.05, 4.69) is 15.0 Å². The summed E-state index contributed by atoms with van der Waals surface area (Å²) in [6.07, 6.45) is -9.65. The van der Waals surface area contributed by atoms with Crippen LogP contribution < -0.4 is 10.1 Å². The van der Waals surface area contributed by atoms with Gasteiger partial charge in [-0.05, 0) is 18.2 Å². The second kappa shape index (κ2) is 8.38. The van der Waals surface area contributed by atoms with E-state index in [1.807, 2.05) is 13.8 Å². The van der Waals surface area contributed by atoms with Gasteiger partial charge in [-0.1, -0.05) is 13.8 Å². The Labute approximate surface area is 160 Å². The van der Waals surface area contributed by atoms with E-state index in [-0.39, 0.29) is 12.3 Å². The molecule has 1 heterocycles. The van der Waals surface area contributed by atoms with Crippen molar-refractivity contribution in [2.24, 2.45) is 0 Å². The second-order valence-electron chi connectivity index (χ2n) is 6.17. The van der Waals surface area contributed by atoms with E-state index in [1.165, 1.54) is 11.3 Å². The van der Waals surface area contributed by atoms with Crippen molar-refractivity contribution < 1.29 is 35.9 Å². The molecule has 1 N–H and O–H groups in total. The minimum atomic E-state index is -4.73. The summed E-state index contributed by atoms with van der Waals surface area (Å²) in [5.74, 6) is -1.09. The van der Waals surface area contributed by atoms with E-state index in [0.717, 1.165) is 11.1 Å². The third-order valence-corrected chi connectivity index (χ3v) is 4.57. The Morgan fingerprint density at radius 1 is 1.21 bits per heavy atom. The Bertz CT molecular complexity index is 830. The Kier molecular flexibility index (Phi) is 6.58. The van der Waals surface area contributed by atoms with Crippen molar-refractivity contribution >= 4 is 22.9 Å². The molecular formula is C17H16F6N2O2S. The van der Waals surface area contributed by atoms with Crippen LogP contribution in [0.15, 0.2) is 23.6 Å². The highest BCUT2D eigenvalue weighted by atomic mass is 32.1. The number of anilines is 1. The largest absolute Gasteiger partial charge is 0.482 e. The summed E-state index contributed by atoms with van der Waals surface area (Å²) < 4.78 is 80.3. The van der Waals surface area contributed by atoms with Crippen LogP contribution in [0.4, 0.5) is 32.0 Å². The molecule has 2 rings (SSSR count). The highest BCUT2D eigenvalue weighted by Crippen LogP contribution is 2.35. The normalized spacial score (nSPS) is 12.3. The molecule has 2 aromatic rings. The molecule has 0 saturated heterocycles. The van der Waals surface area contributed by atoms with Crippen LogP contribution in [0.5, 0.6) is 5.75 Å². The fraction of sp³-hybridized carbons (Fsp3) is 0.412. The molecule has 11 heteroatoms. The molecule has 0 aliphatic carbocycles. The summed E-state index contributed by atoms with van der Waals surface area (Å²) in [6.45, 7) is 2.12. The number of alkyl halides is 6. The standard InChI is InChI=1S/C17H16F6N2O2S/c1-9(2)15-24-11(7-28-15)6-14(26)25-12-5-10(17(21,22)23)3-4-13(12)27-8-16(18,19)20/h3-5,7,9H,6,8H2,1-2H3,(H,25,26). The van der Waals surface area contributed by atoms with Gasteiger partial charge in [0.25, 0.3) is 0 Å². The minimum absolute atomic E-state index is 0.146. The molecule has 0 aliphatic heterocycles. The summed E-state index contributed by atoms with van der Waals surface area (Å²) >= 11 is 1.34. The fourth-order valence-electron chi connectivity index (χ4n) is 2.12. The molecule has 0 fully saturated rings. The highest BCUT2D eigenvalue weighted by Gasteiger charge is 2.33. The van der Waals surface area contributed by atoms with Crippen LogP contribution in [0, 0.1) is 0 Å². The number of ether oxygens (including phenoxy) is 1. The molecule has 0 aliphatic rings. The van der Waals surface area contributed by atoms with Crippen molar-refractivity contribution in [2.75, 3.05) is 11.9 Å². The molecular weight excluding hydrogens is 410 g/mol. The van der Waals surface area contributed by atoms with E-state index in [9.17, 15) is 31.1 Å². The van der Waals surface area contributed by atoms with Gasteiger partial charge in [0.1, 0.15) is 5.75 Å². The lowest BCUT2D eigenvalue weighted by molar-refractivity contribution is -0.153. The average molecular weight is 426 g/mol. The van der Waals surface area contributed by atoms with Gasteiger partial charge in [-0.25, -0.2) is 4.98 Å². The Morgan fingerprint density at radius 2 is 1.89 bits per heavy atom. The zero-order valence-corrected chi connectivity index (χ0v) is 15.6. The molecule has 0 spiro atoms. The van der Waals surface area contributed by atoms with Gasteiger partial charge in [0.2, 0.25) is 5.91 Å². The number of carbonyl (C=O) groups is 1. The van der Waals surface area contributed by atoms with Crippen molar-refractivity contribution in [3.8, 4) is 5.75 Å². The number of hydrogen-bond acceptors (Lipinski definition) is 4. The number of benzene rings is 1. The number of rotatable bonds is 6. The van der Waals surface area contributed by atoms with Crippen LogP contribution >= 0.6 is 11.3 Å². The second-order valence-corrected chi connectivity index (χ2v) is 7.06. The van der Waals surface area contributed by atoms with Crippen molar-refractivity contribution in [3.63, 3.8) is 0 Å². The van der Waals surface area contributed by atoms with Crippen molar-refractivity contribution in [3.05, 3.63) is 39.8 Å². The van der Waals surface area contributed by atoms with E-state index in [4.69, 9.17) is 0 Å². The lowest BCUT2D eigenvalue weighted by Crippen LogP contribution is -2.21. The summed E-state index contributed by atoms with van der Waals surface area (Å²) in [5, 5.41) is 4.61. The summed E-state index contributed by atoms with van der Waals surface area (Å²) in [6, 6.07) is 1.85. The quantitative estimate of drug-likeness (QED) is 0.629. The molecule has 1 aromatic heterocycles. The first-order valence-electron chi connectivity index (χ1n) is 8.00. The maximum absolute atomic E-state index is 12.9.